The molecule has 1 unspecified atom stereocenters. The van der Waals surface area contributed by atoms with Crippen molar-refractivity contribution in [3.05, 3.63) is 35.1 Å². The summed E-state index contributed by atoms with van der Waals surface area (Å²) in [6.45, 7) is 1.49. The molecule has 18 heavy (non-hydrogen) atoms. The van der Waals surface area contributed by atoms with Crippen LogP contribution in [0.25, 0.3) is 0 Å². The van der Waals surface area contributed by atoms with Gasteiger partial charge in [0.1, 0.15) is 11.4 Å². The van der Waals surface area contributed by atoms with E-state index in [-0.39, 0.29) is 12.4 Å². The third-order valence-electron chi connectivity index (χ3n) is 3.03. The van der Waals surface area contributed by atoms with Crippen LogP contribution in [0.15, 0.2) is 18.2 Å². The molecule has 0 aliphatic carbocycles. The summed E-state index contributed by atoms with van der Waals surface area (Å²) >= 11 is 0. The van der Waals surface area contributed by atoms with Gasteiger partial charge >= 0.3 is 0 Å². The third-order valence-corrected chi connectivity index (χ3v) is 3.03. The van der Waals surface area contributed by atoms with Gasteiger partial charge in [0.15, 0.2) is 0 Å². The van der Waals surface area contributed by atoms with Crippen molar-refractivity contribution in [2.24, 2.45) is 0 Å². The van der Waals surface area contributed by atoms with Crippen molar-refractivity contribution in [2.45, 2.75) is 18.6 Å². The highest BCUT2D eigenvalue weighted by Crippen LogP contribution is 2.17. The zero-order valence-electron chi connectivity index (χ0n) is 9.95. The Balaban J connectivity index is 1.92. The maximum Gasteiger partial charge on any atom is 0.127 e. The van der Waals surface area contributed by atoms with Gasteiger partial charge in [-0.3, -0.25) is 0 Å². The fourth-order valence-corrected chi connectivity index (χ4v) is 1.95. The summed E-state index contributed by atoms with van der Waals surface area (Å²) < 4.78 is 18.6. The van der Waals surface area contributed by atoms with Crippen molar-refractivity contribution in [3.63, 3.8) is 0 Å². The highest BCUT2D eigenvalue weighted by Gasteiger charge is 2.31. The lowest BCUT2D eigenvalue weighted by atomic mass is 10.0. The molecule has 1 atom stereocenters. The monoisotopic (exact) mass is 250 g/mol. The minimum absolute atomic E-state index is 0.281. The zero-order valence-corrected chi connectivity index (χ0v) is 9.95. The molecule has 1 fully saturated rings. The fourth-order valence-electron chi connectivity index (χ4n) is 1.95. The van der Waals surface area contributed by atoms with Gasteiger partial charge in [-0.25, -0.2) is 4.39 Å². The quantitative estimate of drug-likeness (QED) is 0.834. The summed E-state index contributed by atoms with van der Waals surface area (Å²) in [6.07, 6.45) is 0.584. The number of nitrogens with one attached hydrogen (secondary N) is 1. The van der Waals surface area contributed by atoms with Crippen LogP contribution < -0.4 is 5.32 Å². The molecule has 5 heteroatoms. The minimum Gasteiger partial charge on any atom is -0.386 e. The number of benzene rings is 1. The summed E-state index contributed by atoms with van der Waals surface area (Å²) in [6, 6.07) is 6.20. The predicted molar refractivity (Wildman–Crippen MR) is 63.2 cm³/mol. The number of hydrogen-bond acceptors (Lipinski definition) is 4. The molecule has 96 valence electrons. The first-order valence-electron chi connectivity index (χ1n) is 5.82. The molecule has 1 heterocycles. The van der Waals surface area contributed by atoms with E-state index in [1.165, 1.54) is 18.2 Å². The molecule has 0 spiro atoms. The standard InChI is InChI=1S/C13H15FN2O2/c14-12-2-1-10(6-15)5-11(12)7-16-8-13(17)3-4-18-9-13/h1-2,5,16-17H,3-4,7-9H2. The first kappa shape index (κ1) is 13.0. The molecule has 1 aliphatic rings. The van der Waals surface area contributed by atoms with Crippen LogP contribution in [0.4, 0.5) is 4.39 Å². The van der Waals surface area contributed by atoms with Gasteiger partial charge in [0.25, 0.3) is 0 Å². The molecule has 1 saturated heterocycles. The number of halogens is 1. The van der Waals surface area contributed by atoms with E-state index in [4.69, 9.17) is 10.00 Å². The Labute approximate surface area is 105 Å². The number of nitriles is 1. The lowest BCUT2D eigenvalue weighted by Crippen LogP contribution is -2.40. The van der Waals surface area contributed by atoms with Gasteiger partial charge in [-0.05, 0) is 18.2 Å². The largest absolute Gasteiger partial charge is 0.386 e. The van der Waals surface area contributed by atoms with Crippen LogP contribution in [0, 0.1) is 17.1 Å². The van der Waals surface area contributed by atoms with E-state index in [0.29, 0.717) is 37.3 Å². The maximum absolute atomic E-state index is 13.5. The molecule has 0 amide bonds. The van der Waals surface area contributed by atoms with E-state index in [9.17, 15) is 9.50 Å². The van der Waals surface area contributed by atoms with E-state index in [0.717, 1.165) is 0 Å². The molecule has 2 rings (SSSR count). The second-order valence-corrected chi connectivity index (χ2v) is 4.55. The average molecular weight is 250 g/mol. The molecule has 0 aromatic heterocycles. The Kier molecular flexibility index (Phi) is 3.92. The topological polar surface area (TPSA) is 65.3 Å². The number of rotatable bonds is 4. The van der Waals surface area contributed by atoms with Crippen LogP contribution in [0.3, 0.4) is 0 Å². The second kappa shape index (κ2) is 5.44. The number of hydrogen-bond donors (Lipinski definition) is 2. The smallest absolute Gasteiger partial charge is 0.127 e. The molecule has 2 N–H and O–H groups in total. The molecule has 0 saturated carbocycles. The zero-order chi connectivity index (χ0) is 13.0. The van der Waals surface area contributed by atoms with Gasteiger partial charge in [-0.1, -0.05) is 0 Å². The van der Waals surface area contributed by atoms with Crippen molar-refractivity contribution >= 4 is 0 Å². The van der Waals surface area contributed by atoms with Gasteiger partial charge in [0.05, 0.1) is 18.2 Å². The van der Waals surface area contributed by atoms with E-state index in [1.807, 2.05) is 6.07 Å². The lowest BCUT2D eigenvalue weighted by molar-refractivity contribution is 0.0268. The normalized spacial score (nSPS) is 22.9. The van der Waals surface area contributed by atoms with Crippen molar-refractivity contribution < 1.29 is 14.2 Å². The van der Waals surface area contributed by atoms with E-state index in [2.05, 4.69) is 5.32 Å². The van der Waals surface area contributed by atoms with E-state index in [1.54, 1.807) is 0 Å². The maximum atomic E-state index is 13.5. The van der Waals surface area contributed by atoms with Crippen molar-refractivity contribution in [2.75, 3.05) is 19.8 Å². The Morgan fingerprint density at radius 1 is 1.56 bits per heavy atom. The van der Waals surface area contributed by atoms with Gasteiger partial charge in [-0.2, -0.15) is 5.26 Å². The lowest BCUT2D eigenvalue weighted by Gasteiger charge is -2.20. The van der Waals surface area contributed by atoms with Crippen molar-refractivity contribution in [3.8, 4) is 6.07 Å². The van der Waals surface area contributed by atoms with Crippen molar-refractivity contribution in [1.29, 1.82) is 5.26 Å². The average Bonchev–Trinajstić information content (AvgIpc) is 2.79. The Morgan fingerprint density at radius 3 is 3.06 bits per heavy atom. The Bertz CT molecular complexity index is 465. The van der Waals surface area contributed by atoms with Gasteiger partial charge in [-0.15, -0.1) is 0 Å². The van der Waals surface area contributed by atoms with E-state index >= 15 is 0 Å². The minimum atomic E-state index is -0.858. The second-order valence-electron chi connectivity index (χ2n) is 4.55. The highest BCUT2D eigenvalue weighted by atomic mass is 19.1. The van der Waals surface area contributed by atoms with E-state index < -0.39 is 5.60 Å². The number of aliphatic hydroxyl groups is 1. The molecule has 0 bridgehead atoms. The van der Waals surface area contributed by atoms with Gasteiger partial charge < -0.3 is 15.2 Å². The van der Waals surface area contributed by atoms with Crippen LogP contribution in [-0.4, -0.2) is 30.5 Å². The fraction of sp³-hybridized carbons (Fsp3) is 0.462. The van der Waals surface area contributed by atoms with Gasteiger partial charge in [0.2, 0.25) is 0 Å². The summed E-state index contributed by atoms with van der Waals surface area (Å²) in [5.74, 6) is -0.351. The molecule has 4 nitrogen and oxygen atoms in total. The first-order valence-corrected chi connectivity index (χ1v) is 5.82. The Hall–Kier alpha value is -1.48. The Morgan fingerprint density at radius 2 is 2.39 bits per heavy atom. The SMILES string of the molecule is N#Cc1ccc(F)c(CNCC2(O)CCOC2)c1. The third kappa shape index (κ3) is 3.05. The summed E-state index contributed by atoms with van der Waals surface area (Å²) in [4.78, 5) is 0. The van der Waals surface area contributed by atoms with Crippen LogP contribution in [0.2, 0.25) is 0 Å². The molecular weight excluding hydrogens is 235 g/mol. The van der Waals surface area contributed by atoms with Crippen molar-refractivity contribution in [1.82, 2.24) is 5.32 Å². The first-order chi connectivity index (χ1) is 8.63. The highest BCUT2D eigenvalue weighted by molar-refractivity contribution is 5.33. The van der Waals surface area contributed by atoms with Crippen LogP contribution in [0.5, 0.6) is 0 Å². The number of nitrogens with zero attached hydrogens (tertiary/aromatic N) is 1. The van der Waals surface area contributed by atoms with Crippen LogP contribution in [-0.2, 0) is 11.3 Å². The van der Waals surface area contributed by atoms with Crippen LogP contribution >= 0.6 is 0 Å². The molecular formula is C13H15FN2O2. The summed E-state index contributed by atoms with van der Waals surface area (Å²) in [7, 11) is 0. The molecule has 1 aromatic carbocycles. The summed E-state index contributed by atoms with van der Waals surface area (Å²) in [5, 5.41) is 21.7. The summed E-state index contributed by atoms with van der Waals surface area (Å²) in [5.41, 5.74) is -0.00349. The van der Waals surface area contributed by atoms with Gasteiger partial charge in [0, 0.05) is 31.7 Å². The predicted octanol–water partition coefficient (Wildman–Crippen LogP) is 0.938. The number of ether oxygens (including phenoxy) is 1. The molecule has 1 aromatic rings. The molecule has 1 aliphatic heterocycles. The molecule has 0 radical (unpaired) electrons. The van der Waals surface area contributed by atoms with Crippen LogP contribution in [0.1, 0.15) is 17.5 Å².